The molecule has 0 bridgehead atoms. The lowest BCUT2D eigenvalue weighted by Crippen LogP contribution is -2.02. The second-order valence-corrected chi connectivity index (χ2v) is 5.27. The molecule has 0 spiro atoms. The van der Waals surface area contributed by atoms with Gasteiger partial charge >= 0.3 is 0 Å². The number of benzene rings is 1. The Balaban J connectivity index is 1.92. The van der Waals surface area contributed by atoms with Crippen LogP contribution >= 0.6 is 11.3 Å². The van der Waals surface area contributed by atoms with Crippen molar-refractivity contribution in [3.8, 4) is 5.75 Å². The molecule has 0 atom stereocenters. The largest absolute Gasteiger partial charge is 0.490 e. The maximum atomic E-state index is 13.4. The fourth-order valence-corrected chi connectivity index (χ4v) is 2.64. The smallest absolute Gasteiger partial charge is 0.165 e. The van der Waals surface area contributed by atoms with E-state index >= 15 is 0 Å². The molecule has 108 valence electrons. The summed E-state index contributed by atoms with van der Waals surface area (Å²) in [7, 11) is 1.58. The van der Waals surface area contributed by atoms with Gasteiger partial charge in [-0.05, 0) is 12.1 Å². The van der Waals surface area contributed by atoms with Crippen molar-refractivity contribution >= 4 is 11.3 Å². The molecule has 1 aromatic carbocycles. The number of aromatic nitrogens is 1. The van der Waals surface area contributed by atoms with Crippen LogP contribution in [0.5, 0.6) is 5.75 Å². The number of methoxy groups -OCH3 is 1. The fourth-order valence-electron chi connectivity index (χ4n) is 1.73. The maximum Gasteiger partial charge on any atom is 0.165 e. The van der Waals surface area contributed by atoms with E-state index in [-0.39, 0.29) is 18.2 Å². The van der Waals surface area contributed by atoms with Gasteiger partial charge in [-0.1, -0.05) is 12.1 Å². The molecule has 4 nitrogen and oxygen atoms in total. The first kappa shape index (κ1) is 14.9. The van der Waals surface area contributed by atoms with E-state index in [0.29, 0.717) is 19.6 Å². The van der Waals surface area contributed by atoms with Crippen molar-refractivity contribution in [3.63, 3.8) is 0 Å². The molecule has 0 fully saturated rings. The van der Waals surface area contributed by atoms with Crippen molar-refractivity contribution in [2.24, 2.45) is 0 Å². The molecule has 0 aliphatic carbocycles. The van der Waals surface area contributed by atoms with Crippen LogP contribution in [0.15, 0.2) is 24.3 Å². The van der Waals surface area contributed by atoms with Gasteiger partial charge in [0.05, 0.1) is 35.4 Å². The predicted molar refractivity (Wildman–Crippen MR) is 74.3 cm³/mol. The van der Waals surface area contributed by atoms with Gasteiger partial charge in [0.2, 0.25) is 0 Å². The van der Waals surface area contributed by atoms with Crippen molar-refractivity contribution in [2.75, 3.05) is 13.7 Å². The summed E-state index contributed by atoms with van der Waals surface area (Å²) in [6.45, 7) is 0.664. The van der Waals surface area contributed by atoms with Crippen LogP contribution in [0.1, 0.15) is 15.6 Å². The topological polar surface area (TPSA) is 51.6 Å². The number of para-hydroxylation sites is 1. The predicted octanol–water partition coefficient (Wildman–Crippen LogP) is 2.54. The van der Waals surface area contributed by atoms with Crippen molar-refractivity contribution in [3.05, 3.63) is 45.7 Å². The minimum atomic E-state index is -0.372. The van der Waals surface area contributed by atoms with Crippen LogP contribution in [0.2, 0.25) is 0 Å². The van der Waals surface area contributed by atoms with E-state index in [0.717, 1.165) is 15.6 Å². The Morgan fingerprint density at radius 3 is 2.85 bits per heavy atom. The molecule has 0 aliphatic rings. The number of hydrogen-bond acceptors (Lipinski definition) is 5. The third-order valence-electron chi connectivity index (χ3n) is 2.66. The van der Waals surface area contributed by atoms with Crippen molar-refractivity contribution in [1.29, 1.82) is 0 Å². The molecule has 1 heterocycles. The Hall–Kier alpha value is -1.50. The summed E-state index contributed by atoms with van der Waals surface area (Å²) in [4.78, 5) is 5.18. The standard InChI is InChI=1S/C14H16FNO3S/c1-18-9-11-13(8-17)20-14(16-11)6-7-19-12-5-3-2-4-10(12)15/h2-5,17H,6-9H2,1H3. The van der Waals surface area contributed by atoms with E-state index in [4.69, 9.17) is 9.47 Å². The zero-order chi connectivity index (χ0) is 14.4. The Morgan fingerprint density at radius 2 is 2.15 bits per heavy atom. The highest BCUT2D eigenvalue weighted by molar-refractivity contribution is 7.11. The summed E-state index contributed by atoms with van der Waals surface area (Å²) in [5.41, 5.74) is 0.751. The SMILES string of the molecule is COCc1nc(CCOc2ccccc2F)sc1CO. The lowest BCUT2D eigenvalue weighted by molar-refractivity contribution is 0.178. The van der Waals surface area contributed by atoms with E-state index in [2.05, 4.69) is 4.98 Å². The number of nitrogens with zero attached hydrogens (tertiary/aromatic N) is 1. The van der Waals surface area contributed by atoms with Gasteiger partial charge in [-0.2, -0.15) is 0 Å². The first-order chi connectivity index (χ1) is 9.74. The van der Waals surface area contributed by atoms with Crippen LogP contribution in [-0.4, -0.2) is 23.8 Å². The van der Waals surface area contributed by atoms with E-state index < -0.39 is 0 Å². The number of hydrogen-bond donors (Lipinski definition) is 1. The number of ether oxygens (including phenoxy) is 2. The quantitative estimate of drug-likeness (QED) is 0.853. The van der Waals surface area contributed by atoms with Crippen LogP contribution in [0, 0.1) is 5.82 Å². The zero-order valence-electron chi connectivity index (χ0n) is 11.1. The molecule has 20 heavy (non-hydrogen) atoms. The van der Waals surface area contributed by atoms with Crippen LogP contribution in [0.25, 0.3) is 0 Å². The van der Waals surface area contributed by atoms with Crippen molar-refractivity contribution < 1.29 is 19.0 Å². The minimum absolute atomic E-state index is 0.0511. The molecule has 0 saturated carbocycles. The number of halogens is 1. The number of aliphatic hydroxyl groups excluding tert-OH is 1. The molecule has 0 saturated heterocycles. The molecule has 0 unspecified atom stereocenters. The normalized spacial score (nSPS) is 10.8. The molecule has 1 aromatic heterocycles. The van der Waals surface area contributed by atoms with Crippen LogP contribution < -0.4 is 4.74 Å². The Morgan fingerprint density at radius 1 is 1.35 bits per heavy atom. The molecular formula is C14H16FNO3S. The summed E-state index contributed by atoms with van der Waals surface area (Å²) in [6.07, 6.45) is 0.565. The molecule has 6 heteroatoms. The summed E-state index contributed by atoms with van der Waals surface area (Å²) in [5.74, 6) is -0.133. The van der Waals surface area contributed by atoms with Gasteiger partial charge in [0.25, 0.3) is 0 Å². The second kappa shape index (κ2) is 7.33. The Bertz CT molecular complexity index is 559. The van der Waals surface area contributed by atoms with Gasteiger partial charge in [0, 0.05) is 13.5 Å². The highest BCUT2D eigenvalue weighted by Gasteiger charge is 2.10. The third-order valence-corrected chi connectivity index (χ3v) is 3.80. The monoisotopic (exact) mass is 297 g/mol. The maximum absolute atomic E-state index is 13.4. The first-order valence-corrected chi connectivity index (χ1v) is 7.00. The van der Waals surface area contributed by atoms with E-state index in [1.165, 1.54) is 17.4 Å². The molecule has 0 aliphatic heterocycles. The average molecular weight is 297 g/mol. The van der Waals surface area contributed by atoms with Gasteiger partial charge in [-0.3, -0.25) is 0 Å². The highest BCUT2D eigenvalue weighted by atomic mass is 32.1. The minimum Gasteiger partial charge on any atom is -0.490 e. The van der Waals surface area contributed by atoms with E-state index in [1.807, 2.05) is 0 Å². The second-order valence-electron chi connectivity index (χ2n) is 4.10. The fraction of sp³-hybridized carbons (Fsp3) is 0.357. The Kier molecular flexibility index (Phi) is 5.46. The summed E-state index contributed by atoms with van der Waals surface area (Å²) in [5, 5.41) is 10.1. The first-order valence-electron chi connectivity index (χ1n) is 6.19. The number of aliphatic hydroxyl groups is 1. The Labute approximate surface area is 120 Å². The summed E-state index contributed by atoms with van der Waals surface area (Å²) < 4.78 is 23.8. The third kappa shape index (κ3) is 3.75. The molecule has 0 radical (unpaired) electrons. The molecule has 1 N–H and O–H groups in total. The van der Waals surface area contributed by atoms with Gasteiger partial charge in [-0.15, -0.1) is 11.3 Å². The lowest BCUT2D eigenvalue weighted by Gasteiger charge is -2.05. The zero-order valence-corrected chi connectivity index (χ0v) is 12.0. The van der Waals surface area contributed by atoms with Crippen molar-refractivity contribution in [2.45, 2.75) is 19.6 Å². The van der Waals surface area contributed by atoms with Gasteiger partial charge in [0.15, 0.2) is 11.6 Å². The van der Waals surface area contributed by atoms with E-state index in [1.54, 1.807) is 25.3 Å². The number of thiazole rings is 1. The number of rotatable bonds is 7. The molecule has 2 aromatic rings. The van der Waals surface area contributed by atoms with E-state index in [9.17, 15) is 9.50 Å². The van der Waals surface area contributed by atoms with Crippen LogP contribution in [-0.2, 0) is 24.4 Å². The summed E-state index contributed by atoms with van der Waals surface area (Å²) >= 11 is 1.42. The van der Waals surface area contributed by atoms with Gasteiger partial charge in [0.1, 0.15) is 0 Å². The molecule has 2 rings (SSSR count). The molecule has 0 amide bonds. The van der Waals surface area contributed by atoms with Gasteiger partial charge in [-0.25, -0.2) is 9.37 Å². The lowest BCUT2D eigenvalue weighted by atomic mass is 10.3. The highest BCUT2D eigenvalue weighted by Crippen LogP contribution is 2.21. The average Bonchev–Trinajstić information content (AvgIpc) is 2.84. The summed E-state index contributed by atoms with van der Waals surface area (Å²) in [6, 6.07) is 6.29. The van der Waals surface area contributed by atoms with Gasteiger partial charge < -0.3 is 14.6 Å². The molecular weight excluding hydrogens is 281 g/mol. The van der Waals surface area contributed by atoms with Crippen molar-refractivity contribution in [1.82, 2.24) is 4.98 Å². The van der Waals surface area contributed by atoms with Crippen LogP contribution in [0.3, 0.4) is 0 Å². The van der Waals surface area contributed by atoms with Crippen LogP contribution in [0.4, 0.5) is 4.39 Å².